The van der Waals surface area contributed by atoms with Crippen LogP contribution >= 0.6 is 0 Å². The van der Waals surface area contributed by atoms with E-state index in [2.05, 4.69) is 6.58 Å². The van der Waals surface area contributed by atoms with E-state index in [-0.39, 0.29) is 5.57 Å². The van der Waals surface area contributed by atoms with Crippen LogP contribution in [0.15, 0.2) is 12.2 Å². The molecule has 0 saturated carbocycles. The lowest BCUT2D eigenvalue weighted by Gasteiger charge is -2.20. The van der Waals surface area contributed by atoms with Crippen LogP contribution in [0.4, 0.5) is 26.3 Å². The van der Waals surface area contributed by atoms with E-state index in [1.54, 1.807) is 0 Å². The van der Waals surface area contributed by atoms with Crippen molar-refractivity contribution in [3.63, 3.8) is 0 Å². The Balaban J connectivity index is 0. The molecule has 0 rings (SSSR count). The van der Waals surface area contributed by atoms with E-state index in [1.165, 1.54) is 6.92 Å². The second-order valence-electron chi connectivity index (χ2n) is 2.56. The Morgan fingerprint density at radius 3 is 1.50 bits per heavy atom. The third-order valence-electron chi connectivity index (χ3n) is 1.05. The molecule has 1 atom stereocenters. The molecule has 96 valence electrons. The quantitative estimate of drug-likeness (QED) is 0.586. The number of carboxylic acids is 1. The van der Waals surface area contributed by atoms with E-state index in [9.17, 15) is 31.1 Å². The van der Waals surface area contributed by atoms with Crippen LogP contribution in [0.25, 0.3) is 0 Å². The van der Waals surface area contributed by atoms with Gasteiger partial charge in [-0.3, -0.25) is 0 Å². The third-order valence-corrected chi connectivity index (χ3v) is 1.05. The standard InChI is InChI=1S/C4H6O2.C3H2F6O/c1-3(2)4(5)6;4-1(5)2(6,10)3(7,8)9/h1H2,2H3,(H,5,6);1,10H. The first-order chi connectivity index (χ1) is 6.84. The van der Waals surface area contributed by atoms with E-state index in [1.807, 2.05) is 0 Å². The van der Waals surface area contributed by atoms with Crippen molar-refractivity contribution in [2.45, 2.75) is 25.4 Å². The van der Waals surface area contributed by atoms with Gasteiger partial charge in [0.1, 0.15) is 0 Å². The van der Waals surface area contributed by atoms with Gasteiger partial charge in [0, 0.05) is 5.57 Å². The molecule has 0 fully saturated rings. The highest BCUT2D eigenvalue weighted by Gasteiger charge is 2.62. The maximum atomic E-state index is 11.4. The van der Waals surface area contributed by atoms with Crippen LogP contribution < -0.4 is 0 Å². The predicted octanol–water partition coefficient (Wildman–Crippen LogP) is 2.12. The van der Waals surface area contributed by atoms with E-state index >= 15 is 0 Å². The molecule has 0 saturated heterocycles. The van der Waals surface area contributed by atoms with Gasteiger partial charge in [0.25, 0.3) is 0 Å². The van der Waals surface area contributed by atoms with Crippen LogP contribution in [0.5, 0.6) is 0 Å². The number of rotatable bonds is 2. The van der Waals surface area contributed by atoms with Crippen LogP contribution in [-0.2, 0) is 4.79 Å². The molecule has 0 aromatic carbocycles. The normalized spacial score (nSPS) is 14.8. The summed E-state index contributed by atoms with van der Waals surface area (Å²) in [5.74, 6) is -6.33. The zero-order valence-electron chi connectivity index (χ0n) is 7.85. The van der Waals surface area contributed by atoms with Gasteiger partial charge in [0.2, 0.25) is 0 Å². The summed E-state index contributed by atoms with van der Waals surface area (Å²) in [5, 5.41) is 15.3. The second kappa shape index (κ2) is 5.73. The molecule has 0 aliphatic carbocycles. The molecule has 9 heteroatoms. The molecule has 0 aliphatic rings. The molecule has 0 spiro atoms. The van der Waals surface area contributed by atoms with E-state index in [4.69, 9.17) is 10.2 Å². The molecule has 0 heterocycles. The smallest absolute Gasteiger partial charge is 0.454 e. The molecular weight excluding hydrogens is 246 g/mol. The Morgan fingerprint density at radius 2 is 1.50 bits per heavy atom. The van der Waals surface area contributed by atoms with Gasteiger partial charge >= 0.3 is 24.4 Å². The number of halogens is 6. The average Bonchev–Trinajstić information content (AvgIpc) is 2.02. The summed E-state index contributed by atoms with van der Waals surface area (Å²) in [7, 11) is 0. The monoisotopic (exact) mass is 254 g/mol. The molecule has 0 amide bonds. The molecule has 2 N–H and O–H groups in total. The van der Waals surface area contributed by atoms with Crippen molar-refractivity contribution in [1.29, 1.82) is 0 Å². The highest BCUT2D eigenvalue weighted by molar-refractivity contribution is 5.84. The maximum Gasteiger partial charge on any atom is 0.454 e. The summed E-state index contributed by atoms with van der Waals surface area (Å²) in [6, 6.07) is 0. The van der Waals surface area contributed by atoms with Crippen molar-refractivity contribution in [1.82, 2.24) is 0 Å². The fourth-order valence-corrected chi connectivity index (χ4v) is 0.124. The van der Waals surface area contributed by atoms with Crippen molar-refractivity contribution in [2.24, 2.45) is 0 Å². The number of aliphatic hydroxyl groups is 1. The third kappa shape index (κ3) is 5.59. The summed E-state index contributed by atoms with van der Waals surface area (Å²) < 4.78 is 66.3. The highest BCUT2D eigenvalue weighted by atomic mass is 19.4. The molecule has 0 aromatic rings. The predicted molar refractivity (Wildman–Crippen MR) is 40.6 cm³/mol. The Labute approximate surface area is 86.0 Å². The first-order valence-electron chi connectivity index (χ1n) is 3.49. The molecule has 0 radical (unpaired) electrons. The number of hydrogen-bond acceptors (Lipinski definition) is 2. The Hall–Kier alpha value is -1.25. The van der Waals surface area contributed by atoms with Gasteiger partial charge in [-0.25, -0.2) is 13.6 Å². The summed E-state index contributed by atoms with van der Waals surface area (Å²) in [5.41, 5.74) is 0.176. The van der Waals surface area contributed by atoms with Crippen LogP contribution in [0, 0.1) is 0 Å². The topological polar surface area (TPSA) is 57.5 Å². The van der Waals surface area contributed by atoms with Gasteiger partial charge in [-0.2, -0.15) is 17.6 Å². The highest BCUT2D eigenvalue weighted by Crippen LogP contribution is 2.36. The number of carbonyl (C=O) groups is 1. The first kappa shape index (κ1) is 17.2. The molecule has 0 bridgehead atoms. The zero-order chi connectivity index (χ0) is 13.7. The van der Waals surface area contributed by atoms with Gasteiger partial charge < -0.3 is 10.2 Å². The van der Waals surface area contributed by atoms with Crippen molar-refractivity contribution in [2.75, 3.05) is 0 Å². The van der Waals surface area contributed by atoms with Crippen LogP contribution in [-0.4, -0.2) is 34.6 Å². The number of hydrogen-bond donors (Lipinski definition) is 2. The number of carboxylic acid groups (broad SMARTS) is 1. The molecule has 3 nitrogen and oxygen atoms in total. The largest absolute Gasteiger partial charge is 0.478 e. The SMILES string of the molecule is C=C(C)C(=O)O.OC(F)(C(F)F)C(F)(F)F. The lowest BCUT2D eigenvalue weighted by atomic mass is 10.3. The van der Waals surface area contributed by atoms with E-state index in [0.29, 0.717) is 0 Å². The minimum atomic E-state index is -5.94. The van der Waals surface area contributed by atoms with Crippen molar-refractivity contribution >= 4 is 5.97 Å². The van der Waals surface area contributed by atoms with Gasteiger partial charge in [-0.15, -0.1) is 0 Å². The van der Waals surface area contributed by atoms with Crippen molar-refractivity contribution in [3.8, 4) is 0 Å². The van der Waals surface area contributed by atoms with Gasteiger partial charge in [-0.05, 0) is 6.92 Å². The Morgan fingerprint density at radius 1 is 1.25 bits per heavy atom. The van der Waals surface area contributed by atoms with Crippen LogP contribution in [0.2, 0.25) is 0 Å². The van der Waals surface area contributed by atoms with Gasteiger partial charge in [0.05, 0.1) is 0 Å². The molecular formula is C7H8F6O3. The number of alkyl halides is 6. The van der Waals surface area contributed by atoms with Crippen LogP contribution in [0.1, 0.15) is 6.92 Å². The summed E-state index contributed by atoms with van der Waals surface area (Å²) >= 11 is 0. The average molecular weight is 254 g/mol. The van der Waals surface area contributed by atoms with Gasteiger partial charge in [-0.1, -0.05) is 6.58 Å². The fourth-order valence-electron chi connectivity index (χ4n) is 0.124. The lowest BCUT2D eigenvalue weighted by Crippen LogP contribution is -2.47. The molecule has 1 unspecified atom stereocenters. The Kier molecular flexibility index (Phi) is 6.14. The van der Waals surface area contributed by atoms with E-state index in [0.717, 1.165) is 0 Å². The molecule has 16 heavy (non-hydrogen) atoms. The van der Waals surface area contributed by atoms with E-state index < -0.39 is 24.4 Å². The fraction of sp³-hybridized carbons (Fsp3) is 0.571. The maximum absolute atomic E-state index is 11.4. The molecule has 0 aliphatic heterocycles. The van der Waals surface area contributed by atoms with Crippen LogP contribution in [0.3, 0.4) is 0 Å². The van der Waals surface area contributed by atoms with Crippen molar-refractivity contribution in [3.05, 3.63) is 12.2 Å². The lowest BCUT2D eigenvalue weighted by molar-refractivity contribution is -0.352. The summed E-state index contributed by atoms with van der Waals surface area (Å²) in [6.45, 7) is 4.60. The minimum Gasteiger partial charge on any atom is -0.478 e. The second-order valence-corrected chi connectivity index (χ2v) is 2.56. The first-order valence-corrected chi connectivity index (χ1v) is 3.49. The molecule has 0 aromatic heterocycles. The van der Waals surface area contributed by atoms with Crippen molar-refractivity contribution < 1.29 is 41.4 Å². The Bertz CT molecular complexity index is 245. The minimum absolute atomic E-state index is 0.176. The van der Waals surface area contributed by atoms with Gasteiger partial charge in [0.15, 0.2) is 0 Å². The summed E-state index contributed by atoms with van der Waals surface area (Å²) in [4.78, 5) is 9.60. The summed E-state index contributed by atoms with van der Waals surface area (Å²) in [6.07, 6.45) is -10.4. The zero-order valence-corrected chi connectivity index (χ0v) is 7.85. The number of aliphatic carboxylic acids is 1.